The smallest absolute Gasteiger partial charge is 0.341 e. The molecule has 2 amide bonds. The molecule has 0 spiro atoms. The highest BCUT2D eigenvalue weighted by Crippen LogP contribution is 2.18. The van der Waals surface area contributed by atoms with Crippen LogP contribution in [0.15, 0.2) is 47.6 Å². The van der Waals surface area contributed by atoms with E-state index in [1.807, 2.05) is 19.9 Å². The van der Waals surface area contributed by atoms with Gasteiger partial charge in [0.15, 0.2) is 6.61 Å². The molecule has 140 valence electrons. The zero-order valence-corrected chi connectivity index (χ0v) is 14.9. The van der Waals surface area contributed by atoms with Crippen molar-refractivity contribution >= 4 is 29.7 Å². The van der Waals surface area contributed by atoms with Gasteiger partial charge in [0, 0.05) is 11.3 Å². The van der Waals surface area contributed by atoms with Gasteiger partial charge in [-0.2, -0.15) is 5.10 Å². The van der Waals surface area contributed by atoms with Gasteiger partial charge in [0.05, 0.1) is 6.21 Å². The Kier molecular flexibility index (Phi) is 6.65. The maximum atomic E-state index is 12.0. The number of benzene rings is 2. The van der Waals surface area contributed by atoms with E-state index in [1.165, 1.54) is 6.21 Å². The number of hydrazone groups is 1. The highest BCUT2D eigenvalue weighted by molar-refractivity contribution is 6.39. The van der Waals surface area contributed by atoms with E-state index in [0.29, 0.717) is 11.3 Å². The Labute approximate surface area is 155 Å². The molecule has 0 aliphatic heterocycles. The number of hydrogen-bond acceptors (Lipinski definition) is 5. The van der Waals surface area contributed by atoms with E-state index >= 15 is 0 Å². The number of rotatable bonds is 6. The molecule has 0 aromatic heterocycles. The number of amides is 2. The third kappa shape index (κ3) is 5.67. The fourth-order valence-corrected chi connectivity index (χ4v) is 2.13. The van der Waals surface area contributed by atoms with Crippen LogP contribution >= 0.6 is 0 Å². The number of carboxylic acids is 1. The maximum Gasteiger partial charge on any atom is 0.341 e. The molecular weight excluding hydrogens is 350 g/mol. The van der Waals surface area contributed by atoms with Gasteiger partial charge < -0.3 is 15.2 Å². The first kappa shape index (κ1) is 19.6. The molecule has 2 aromatic rings. The quantitative estimate of drug-likeness (QED) is 0.408. The van der Waals surface area contributed by atoms with Gasteiger partial charge in [-0.1, -0.05) is 24.3 Å². The van der Waals surface area contributed by atoms with E-state index in [4.69, 9.17) is 9.84 Å². The van der Waals surface area contributed by atoms with E-state index < -0.39 is 24.4 Å². The molecule has 0 saturated heterocycles. The van der Waals surface area contributed by atoms with Crippen LogP contribution in [0.1, 0.15) is 16.7 Å². The summed E-state index contributed by atoms with van der Waals surface area (Å²) in [4.78, 5) is 34.5. The number of aryl methyl sites for hydroxylation is 1. The van der Waals surface area contributed by atoms with Gasteiger partial charge in [0.1, 0.15) is 5.75 Å². The molecule has 0 aliphatic carbocycles. The Morgan fingerprint density at radius 3 is 2.56 bits per heavy atom. The standard InChI is InChI=1S/C19H19N3O5/c1-12-6-5-8-15(13(12)2)21-18(25)19(26)22-20-10-14-7-3-4-9-16(14)27-11-17(23)24/h3-10H,11H2,1-2H3,(H,21,25)(H,22,26)(H,23,24)/b20-10-. The minimum Gasteiger partial charge on any atom is -0.481 e. The second-order valence-corrected chi connectivity index (χ2v) is 5.62. The minimum atomic E-state index is -1.11. The molecule has 0 aliphatic rings. The molecule has 0 saturated carbocycles. The maximum absolute atomic E-state index is 12.0. The Balaban J connectivity index is 1.97. The average Bonchev–Trinajstić information content (AvgIpc) is 2.64. The molecule has 0 unspecified atom stereocenters. The number of carbonyl (C=O) groups excluding carboxylic acids is 2. The van der Waals surface area contributed by atoms with Crippen LogP contribution in [0.2, 0.25) is 0 Å². The number of hydrogen-bond donors (Lipinski definition) is 3. The molecule has 2 aromatic carbocycles. The summed E-state index contributed by atoms with van der Waals surface area (Å²) in [6.45, 7) is 3.24. The summed E-state index contributed by atoms with van der Waals surface area (Å²) in [6, 6.07) is 11.9. The first-order valence-corrected chi connectivity index (χ1v) is 8.02. The van der Waals surface area contributed by atoms with Crippen molar-refractivity contribution in [2.75, 3.05) is 11.9 Å². The summed E-state index contributed by atoms with van der Waals surface area (Å²) >= 11 is 0. The van der Waals surface area contributed by atoms with Crippen LogP contribution < -0.4 is 15.5 Å². The minimum absolute atomic E-state index is 0.290. The van der Waals surface area contributed by atoms with Gasteiger partial charge in [0.25, 0.3) is 0 Å². The lowest BCUT2D eigenvalue weighted by Gasteiger charge is -2.09. The van der Waals surface area contributed by atoms with Gasteiger partial charge in [-0.15, -0.1) is 0 Å². The van der Waals surface area contributed by atoms with Gasteiger partial charge in [-0.05, 0) is 43.2 Å². The van der Waals surface area contributed by atoms with Crippen LogP contribution in [0.5, 0.6) is 5.75 Å². The summed E-state index contributed by atoms with van der Waals surface area (Å²) < 4.78 is 5.12. The van der Waals surface area contributed by atoms with E-state index in [0.717, 1.165) is 11.1 Å². The van der Waals surface area contributed by atoms with Crippen molar-refractivity contribution in [3.63, 3.8) is 0 Å². The second-order valence-electron chi connectivity index (χ2n) is 5.62. The van der Waals surface area contributed by atoms with Crippen molar-refractivity contribution in [2.24, 2.45) is 5.10 Å². The number of aliphatic carboxylic acids is 1. The normalized spacial score (nSPS) is 10.4. The van der Waals surface area contributed by atoms with Crippen molar-refractivity contribution in [3.05, 3.63) is 59.2 Å². The Bertz CT molecular complexity index is 893. The third-order valence-electron chi connectivity index (χ3n) is 3.70. The summed E-state index contributed by atoms with van der Waals surface area (Å²) in [5.41, 5.74) is 4.98. The van der Waals surface area contributed by atoms with E-state index in [1.54, 1.807) is 36.4 Å². The summed E-state index contributed by atoms with van der Waals surface area (Å²) in [7, 11) is 0. The zero-order valence-electron chi connectivity index (χ0n) is 14.9. The molecule has 3 N–H and O–H groups in total. The third-order valence-corrected chi connectivity index (χ3v) is 3.70. The number of nitrogens with one attached hydrogen (secondary N) is 2. The summed E-state index contributed by atoms with van der Waals surface area (Å²) in [5.74, 6) is -2.61. The summed E-state index contributed by atoms with van der Waals surface area (Å²) in [5, 5.41) is 14.9. The van der Waals surface area contributed by atoms with Gasteiger partial charge in [0.2, 0.25) is 0 Å². The number of nitrogens with zero attached hydrogens (tertiary/aromatic N) is 1. The van der Waals surface area contributed by atoms with Crippen LogP contribution in [0.25, 0.3) is 0 Å². The SMILES string of the molecule is Cc1cccc(NC(=O)C(=O)N/N=C\c2ccccc2OCC(=O)O)c1C. The molecule has 0 fully saturated rings. The summed E-state index contributed by atoms with van der Waals surface area (Å²) in [6.07, 6.45) is 1.26. The monoisotopic (exact) mass is 369 g/mol. The van der Waals surface area contributed by atoms with Crippen molar-refractivity contribution in [2.45, 2.75) is 13.8 Å². The van der Waals surface area contributed by atoms with Crippen molar-refractivity contribution < 1.29 is 24.2 Å². The van der Waals surface area contributed by atoms with Crippen molar-refractivity contribution in [1.29, 1.82) is 0 Å². The second kappa shape index (κ2) is 9.14. The molecule has 0 radical (unpaired) electrons. The number of para-hydroxylation sites is 1. The molecular formula is C19H19N3O5. The Hall–Kier alpha value is -3.68. The highest BCUT2D eigenvalue weighted by Gasteiger charge is 2.14. The predicted octanol–water partition coefficient (Wildman–Crippen LogP) is 1.86. The lowest BCUT2D eigenvalue weighted by atomic mass is 10.1. The molecule has 2 rings (SSSR count). The zero-order chi connectivity index (χ0) is 19.8. The van der Waals surface area contributed by atoms with E-state index in [9.17, 15) is 14.4 Å². The predicted molar refractivity (Wildman–Crippen MR) is 99.9 cm³/mol. The first-order valence-electron chi connectivity index (χ1n) is 8.02. The number of carbonyl (C=O) groups is 3. The van der Waals surface area contributed by atoms with Gasteiger partial charge in [-0.25, -0.2) is 10.2 Å². The van der Waals surface area contributed by atoms with Crippen LogP contribution in [0, 0.1) is 13.8 Å². The van der Waals surface area contributed by atoms with Crippen LogP contribution in [-0.2, 0) is 14.4 Å². The highest BCUT2D eigenvalue weighted by atomic mass is 16.5. The number of carboxylic acid groups (broad SMARTS) is 1. The van der Waals surface area contributed by atoms with Crippen LogP contribution in [0.4, 0.5) is 5.69 Å². The topological polar surface area (TPSA) is 117 Å². The lowest BCUT2D eigenvalue weighted by Crippen LogP contribution is -2.32. The molecule has 0 bridgehead atoms. The van der Waals surface area contributed by atoms with E-state index in [2.05, 4.69) is 15.8 Å². The molecule has 0 atom stereocenters. The molecule has 27 heavy (non-hydrogen) atoms. The Morgan fingerprint density at radius 1 is 1.07 bits per heavy atom. The van der Waals surface area contributed by atoms with Crippen LogP contribution in [-0.4, -0.2) is 35.7 Å². The fraction of sp³-hybridized carbons (Fsp3) is 0.158. The molecule has 8 heteroatoms. The fourth-order valence-electron chi connectivity index (χ4n) is 2.13. The molecule has 8 nitrogen and oxygen atoms in total. The van der Waals surface area contributed by atoms with Crippen molar-refractivity contribution in [1.82, 2.24) is 5.43 Å². The first-order chi connectivity index (χ1) is 12.9. The van der Waals surface area contributed by atoms with Crippen LogP contribution in [0.3, 0.4) is 0 Å². The lowest BCUT2D eigenvalue weighted by molar-refractivity contribution is -0.139. The van der Waals surface area contributed by atoms with Gasteiger partial charge in [-0.3, -0.25) is 9.59 Å². The van der Waals surface area contributed by atoms with E-state index in [-0.39, 0.29) is 5.75 Å². The average molecular weight is 369 g/mol. The number of anilines is 1. The molecule has 0 heterocycles. The number of ether oxygens (including phenoxy) is 1. The Morgan fingerprint density at radius 2 is 1.81 bits per heavy atom. The largest absolute Gasteiger partial charge is 0.481 e. The van der Waals surface area contributed by atoms with Gasteiger partial charge >= 0.3 is 17.8 Å². The van der Waals surface area contributed by atoms with Crippen molar-refractivity contribution in [3.8, 4) is 5.75 Å².